The molecule has 150 valence electrons. The number of pyridine rings is 1. The van der Waals surface area contributed by atoms with Gasteiger partial charge >= 0.3 is 0 Å². The van der Waals surface area contributed by atoms with E-state index in [4.69, 9.17) is 11.6 Å². The molecule has 1 saturated heterocycles. The Morgan fingerprint density at radius 2 is 2.07 bits per heavy atom. The number of nitrogens with zero attached hydrogens (tertiary/aromatic N) is 5. The van der Waals surface area contributed by atoms with Crippen LogP contribution >= 0.6 is 11.6 Å². The van der Waals surface area contributed by atoms with Gasteiger partial charge in [-0.2, -0.15) is 5.10 Å². The number of hydrogen-bond acceptors (Lipinski definition) is 5. The third-order valence-electron chi connectivity index (χ3n) is 5.46. The van der Waals surface area contributed by atoms with Gasteiger partial charge in [-0.1, -0.05) is 25.4 Å². The minimum atomic E-state index is 0.0202. The van der Waals surface area contributed by atoms with Crippen LogP contribution in [-0.4, -0.2) is 49.7 Å². The monoisotopic (exact) mass is 402 g/mol. The van der Waals surface area contributed by atoms with Gasteiger partial charge in [0.25, 0.3) is 5.91 Å². The Kier molecular flexibility index (Phi) is 5.53. The van der Waals surface area contributed by atoms with Crippen LogP contribution < -0.4 is 5.32 Å². The van der Waals surface area contributed by atoms with E-state index in [0.717, 1.165) is 57.0 Å². The van der Waals surface area contributed by atoms with Crippen molar-refractivity contribution in [2.45, 2.75) is 64.5 Å². The van der Waals surface area contributed by atoms with E-state index in [-0.39, 0.29) is 11.9 Å². The van der Waals surface area contributed by atoms with Crippen LogP contribution in [0.3, 0.4) is 0 Å². The van der Waals surface area contributed by atoms with Crippen molar-refractivity contribution in [3.05, 3.63) is 34.5 Å². The third-order valence-corrected chi connectivity index (χ3v) is 5.75. The number of carbonyl (C=O) groups excluding carboxylic acids is 1. The van der Waals surface area contributed by atoms with Crippen molar-refractivity contribution in [3.63, 3.8) is 0 Å². The summed E-state index contributed by atoms with van der Waals surface area (Å²) < 4.78 is 1.98. The Morgan fingerprint density at radius 1 is 1.29 bits per heavy atom. The molecule has 28 heavy (non-hydrogen) atoms. The summed E-state index contributed by atoms with van der Waals surface area (Å²) in [4.78, 5) is 23.6. The van der Waals surface area contributed by atoms with Crippen molar-refractivity contribution in [2.75, 3.05) is 18.4 Å². The fraction of sp³-hybridized carbons (Fsp3) is 0.600. The van der Waals surface area contributed by atoms with E-state index < -0.39 is 0 Å². The topological polar surface area (TPSA) is 75.9 Å². The van der Waals surface area contributed by atoms with Crippen LogP contribution in [0.2, 0.25) is 5.02 Å². The molecular formula is C20H27ClN6O. The zero-order chi connectivity index (χ0) is 19.7. The lowest BCUT2D eigenvalue weighted by molar-refractivity contribution is 0.0724. The maximum absolute atomic E-state index is 12.6. The first-order valence-corrected chi connectivity index (χ1v) is 10.5. The highest BCUT2D eigenvalue weighted by molar-refractivity contribution is 6.33. The smallest absolute Gasteiger partial charge is 0.255 e. The quantitative estimate of drug-likeness (QED) is 0.846. The van der Waals surface area contributed by atoms with E-state index in [1.165, 1.54) is 6.42 Å². The summed E-state index contributed by atoms with van der Waals surface area (Å²) in [7, 11) is 0. The number of halogens is 1. The second kappa shape index (κ2) is 8.07. The number of amides is 1. The van der Waals surface area contributed by atoms with Gasteiger partial charge in [0.1, 0.15) is 11.6 Å². The summed E-state index contributed by atoms with van der Waals surface area (Å²) in [5.41, 5.74) is 0.557. The average molecular weight is 403 g/mol. The molecule has 8 heteroatoms. The third kappa shape index (κ3) is 3.99. The first-order chi connectivity index (χ1) is 13.5. The van der Waals surface area contributed by atoms with E-state index in [1.54, 1.807) is 12.3 Å². The molecular weight excluding hydrogens is 376 g/mol. The maximum atomic E-state index is 12.6. The van der Waals surface area contributed by atoms with Crippen LogP contribution in [-0.2, 0) is 13.0 Å². The summed E-state index contributed by atoms with van der Waals surface area (Å²) in [5, 5.41) is 8.51. The normalized spacial score (nSPS) is 19.6. The molecule has 0 saturated carbocycles. The van der Waals surface area contributed by atoms with Gasteiger partial charge in [0.05, 0.1) is 17.1 Å². The number of likely N-dealkylation sites (tertiary alicyclic amines) is 1. The van der Waals surface area contributed by atoms with Gasteiger partial charge in [-0.15, -0.1) is 0 Å². The second-order valence-corrected chi connectivity index (χ2v) is 8.42. The number of nitrogens with one attached hydrogen (secondary N) is 1. The molecule has 0 radical (unpaired) electrons. The molecule has 1 amide bonds. The van der Waals surface area contributed by atoms with Crippen molar-refractivity contribution in [2.24, 2.45) is 0 Å². The molecule has 0 bridgehead atoms. The molecule has 2 aliphatic heterocycles. The minimum absolute atomic E-state index is 0.0202. The van der Waals surface area contributed by atoms with Crippen LogP contribution in [0.15, 0.2) is 12.3 Å². The lowest BCUT2D eigenvalue weighted by atomic mass is 10.1. The van der Waals surface area contributed by atoms with Crippen LogP contribution in [0, 0.1) is 0 Å². The Morgan fingerprint density at radius 3 is 2.79 bits per heavy atom. The molecule has 0 aromatic carbocycles. The predicted molar refractivity (Wildman–Crippen MR) is 109 cm³/mol. The van der Waals surface area contributed by atoms with Crippen LogP contribution in [0.5, 0.6) is 0 Å². The van der Waals surface area contributed by atoms with Crippen LogP contribution in [0.4, 0.5) is 5.82 Å². The Labute approximate surface area is 170 Å². The second-order valence-electron chi connectivity index (χ2n) is 8.01. The number of anilines is 1. The fourth-order valence-electron chi connectivity index (χ4n) is 3.82. The number of aryl methyl sites for hydroxylation is 1. The fourth-order valence-corrected chi connectivity index (χ4v) is 4.05. The Balaban J connectivity index is 1.43. The molecule has 0 aliphatic carbocycles. The van der Waals surface area contributed by atoms with Crippen molar-refractivity contribution in [3.8, 4) is 0 Å². The zero-order valence-electron chi connectivity index (χ0n) is 16.5. The number of aromatic nitrogens is 4. The molecule has 7 nitrogen and oxygen atoms in total. The van der Waals surface area contributed by atoms with Gasteiger partial charge in [-0.25, -0.2) is 14.6 Å². The van der Waals surface area contributed by atoms with Crippen LogP contribution in [0.25, 0.3) is 0 Å². The number of fused-ring (bicyclic) bond motifs is 1. The largest absolute Gasteiger partial charge is 0.364 e. The Bertz CT molecular complexity index is 858. The molecule has 2 aromatic heterocycles. The SMILES string of the molecule is CC(C)c1nc2n(n1)CC(Nc1ncc(C(=O)N3CCCCC3)cc1Cl)CC2. The van der Waals surface area contributed by atoms with E-state index in [2.05, 4.69) is 34.2 Å². The van der Waals surface area contributed by atoms with Crippen molar-refractivity contribution in [1.82, 2.24) is 24.6 Å². The predicted octanol–water partition coefficient (Wildman–Crippen LogP) is 3.50. The molecule has 1 unspecified atom stereocenters. The van der Waals surface area contributed by atoms with Crippen LogP contribution in [0.1, 0.15) is 67.5 Å². The molecule has 2 aliphatic rings. The maximum Gasteiger partial charge on any atom is 0.255 e. The van der Waals surface area contributed by atoms with E-state index >= 15 is 0 Å². The van der Waals surface area contributed by atoms with Gasteiger partial charge in [0.15, 0.2) is 5.82 Å². The van der Waals surface area contributed by atoms with Crippen molar-refractivity contribution < 1.29 is 4.79 Å². The number of hydrogen-bond donors (Lipinski definition) is 1. The van der Waals surface area contributed by atoms with Crippen molar-refractivity contribution in [1.29, 1.82) is 0 Å². The van der Waals surface area contributed by atoms with Gasteiger partial charge in [-0.3, -0.25) is 4.79 Å². The number of rotatable bonds is 4. The summed E-state index contributed by atoms with van der Waals surface area (Å²) >= 11 is 6.45. The van der Waals surface area contributed by atoms with E-state index in [1.807, 2.05) is 9.58 Å². The zero-order valence-corrected chi connectivity index (χ0v) is 17.2. The number of piperidine rings is 1. The van der Waals surface area contributed by atoms with Crippen molar-refractivity contribution >= 4 is 23.3 Å². The first-order valence-electron chi connectivity index (χ1n) is 10.2. The highest BCUT2D eigenvalue weighted by Gasteiger charge is 2.24. The van der Waals surface area contributed by atoms with E-state index in [9.17, 15) is 4.79 Å². The molecule has 0 spiro atoms. The summed E-state index contributed by atoms with van der Waals surface area (Å²) in [5.74, 6) is 2.91. The lowest BCUT2D eigenvalue weighted by Crippen LogP contribution is -2.35. The van der Waals surface area contributed by atoms with Gasteiger partial charge in [0.2, 0.25) is 0 Å². The molecule has 4 heterocycles. The number of carbonyl (C=O) groups is 1. The molecule has 1 N–H and O–H groups in total. The van der Waals surface area contributed by atoms with E-state index in [0.29, 0.717) is 22.3 Å². The molecule has 1 fully saturated rings. The summed E-state index contributed by atoms with van der Waals surface area (Å²) in [6.45, 7) is 6.58. The van der Waals surface area contributed by atoms with Gasteiger partial charge in [0, 0.05) is 37.7 Å². The Hall–Kier alpha value is -2.15. The van der Waals surface area contributed by atoms with Gasteiger partial charge < -0.3 is 10.2 Å². The lowest BCUT2D eigenvalue weighted by Gasteiger charge is -2.27. The standard InChI is InChI=1S/C20H27ClN6O/c1-13(2)18-24-17-7-6-15(12-27(17)25-18)23-19-16(21)10-14(11-22-19)20(28)26-8-4-3-5-9-26/h10-11,13,15H,3-9,12H2,1-2H3,(H,22,23). The highest BCUT2D eigenvalue weighted by atomic mass is 35.5. The minimum Gasteiger partial charge on any atom is -0.364 e. The summed E-state index contributed by atoms with van der Waals surface area (Å²) in [6, 6.07) is 1.91. The highest BCUT2D eigenvalue weighted by Crippen LogP contribution is 2.25. The summed E-state index contributed by atoms with van der Waals surface area (Å²) in [6.07, 6.45) is 6.78. The first kappa shape index (κ1) is 19.2. The van der Waals surface area contributed by atoms with Gasteiger partial charge in [-0.05, 0) is 31.7 Å². The molecule has 4 rings (SSSR count). The molecule has 1 atom stereocenters. The molecule has 2 aromatic rings. The average Bonchev–Trinajstić information content (AvgIpc) is 3.13.